The molecule has 0 saturated carbocycles. The predicted molar refractivity (Wildman–Crippen MR) is 46.0 cm³/mol. The van der Waals surface area contributed by atoms with Crippen LogP contribution in [0.4, 0.5) is 0 Å². The van der Waals surface area contributed by atoms with E-state index in [0.717, 1.165) is 0 Å². The number of furan rings is 1. The van der Waals surface area contributed by atoms with Gasteiger partial charge in [0.1, 0.15) is 11.2 Å². The highest BCUT2D eigenvalue weighted by atomic mass is 32.2. The molecule has 0 radical (unpaired) electrons. The topological polar surface area (TPSA) is 54.0 Å². The SMILES string of the molecule is N#CSC(=O)C=Cc1ccco1. The lowest BCUT2D eigenvalue weighted by atomic mass is 10.4. The maximum absolute atomic E-state index is 10.8. The molecule has 1 heterocycles. The molecule has 1 aromatic heterocycles. The molecule has 1 rings (SSSR count). The van der Waals surface area contributed by atoms with Gasteiger partial charge in [0.2, 0.25) is 5.12 Å². The van der Waals surface area contributed by atoms with Crippen LogP contribution in [0.25, 0.3) is 6.08 Å². The molecule has 0 saturated heterocycles. The van der Waals surface area contributed by atoms with Crippen LogP contribution in [-0.2, 0) is 4.79 Å². The summed E-state index contributed by atoms with van der Waals surface area (Å²) >= 11 is 0.591. The second-order valence-corrected chi connectivity index (χ2v) is 2.65. The molecule has 3 nitrogen and oxygen atoms in total. The third kappa shape index (κ3) is 2.64. The molecule has 0 bridgehead atoms. The van der Waals surface area contributed by atoms with Gasteiger partial charge in [0.05, 0.1) is 6.26 Å². The highest BCUT2D eigenvalue weighted by Gasteiger charge is 1.95. The Hall–Kier alpha value is -1.47. The van der Waals surface area contributed by atoms with Crippen molar-refractivity contribution in [3.05, 3.63) is 30.2 Å². The summed E-state index contributed by atoms with van der Waals surface area (Å²) < 4.78 is 4.93. The summed E-state index contributed by atoms with van der Waals surface area (Å²) in [6, 6.07) is 3.45. The molecule has 12 heavy (non-hydrogen) atoms. The zero-order valence-corrected chi connectivity index (χ0v) is 6.88. The number of thiocyanates is 1. The summed E-state index contributed by atoms with van der Waals surface area (Å²) in [6.07, 6.45) is 4.33. The van der Waals surface area contributed by atoms with Crippen molar-refractivity contribution in [1.82, 2.24) is 0 Å². The van der Waals surface area contributed by atoms with Crippen molar-refractivity contribution < 1.29 is 9.21 Å². The van der Waals surface area contributed by atoms with Gasteiger partial charge in [0.15, 0.2) is 0 Å². The van der Waals surface area contributed by atoms with Crippen LogP contribution in [0.3, 0.4) is 0 Å². The monoisotopic (exact) mass is 179 g/mol. The van der Waals surface area contributed by atoms with Gasteiger partial charge in [-0.05, 0) is 24.3 Å². The molecule has 0 aliphatic carbocycles. The summed E-state index contributed by atoms with van der Waals surface area (Å²) in [5.74, 6) is 0.599. The maximum Gasteiger partial charge on any atom is 0.226 e. The Morgan fingerprint density at radius 2 is 2.58 bits per heavy atom. The zero-order chi connectivity index (χ0) is 8.81. The number of thioether (sulfide) groups is 1. The molecule has 0 unspecified atom stereocenters. The van der Waals surface area contributed by atoms with E-state index in [2.05, 4.69) is 0 Å². The highest BCUT2D eigenvalue weighted by molar-refractivity contribution is 8.17. The number of hydrogen-bond donors (Lipinski definition) is 0. The fourth-order valence-corrected chi connectivity index (χ4v) is 0.841. The van der Waals surface area contributed by atoms with Crippen LogP contribution < -0.4 is 0 Å². The van der Waals surface area contributed by atoms with Crippen LogP contribution in [0.1, 0.15) is 5.76 Å². The molecule has 0 aliphatic rings. The lowest BCUT2D eigenvalue weighted by Gasteiger charge is -1.81. The van der Waals surface area contributed by atoms with Gasteiger partial charge < -0.3 is 4.42 Å². The van der Waals surface area contributed by atoms with Crippen LogP contribution in [0.5, 0.6) is 0 Å². The first-order valence-electron chi connectivity index (χ1n) is 3.14. The van der Waals surface area contributed by atoms with Gasteiger partial charge in [0.25, 0.3) is 0 Å². The number of nitrogens with zero attached hydrogens (tertiary/aromatic N) is 1. The fourth-order valence-electron chi connectivity index (χ4n) is 0.615. The van der Waals surface area contributed by atoms with Crippen LogP contribution >= 0.6 is 11.8 Å². The standard InChI is InChI=1S/C8H5NO2S/c9-6-12-8(10)4-3-7-2-1-5-11-7/h1-5H. The Bertz CT molecular complexity index is 321. The minimum Gasteiger partial charge on any atom is -0.465 e. The van der Waals surface area contributed by atoms with E-state index in [9.17, 15) is 4.79 Å². The molecule has 0 spiro atoms. The molecule has 0 fully saturated rings. The summed E-state index contributed by atoms with van der Waals surface area (Å²) in [6.45, 7) is 0. The Morgan fingerprint density at radius 1 is 1.75 bits per heavy atom. The van der Waals surface area contributed by atoms with E-state index in [1.165, 1.54) is 18.4 Å². The van der Waals surface area contributed by atoms with Crippen LogP contribution in [-0.4, -0.2) is 5.12 Å². The second kappa shape index (κ2) is 4.42. The second-order valence-electron chi connectivity index (χ2n) is 1.86. The summed E-state index contributed by atoms with van der Waals surface area (Å²) in [5.41, 5.74) is 0. The van der Waals surface area contributed by atoms with Gasteiger partial charge in [-0.15, -0.1) is 0 Å². The molecule has 0 aliphatic heterocycles. The Kier molecular flexibility index (Phi) is 3.17. The molecule has 0 amide bonds. The zero-order valence-electron chi connectivity index (χ0n) is 6.06. The fraction of sp³-hybridized carbons (Fsp3) is 0. The van der Waals surface area contributed by atoms with Gasteiger partial charge in [-0.2, -0.15) is 5.26 Å². The summed E-state index contributed by atoms with van der Waals surface area (Å²) in [5, 5.41) is 9.51. The molecule has 0 atom stereocenters. The summed E-state index contributed by atoms with van der Waals surface area (Å²) in [7, 11) is 0. The molecule has 4 heteroatoms. The van der Waals surface area contributed by atoms with E-state index in [1.54, 1.807) is 17.5 Å². The maximum atomic E-state index is 10.8. The first-order valence-corrected chi connectivity index (χ1v) is 3.96. The van der Waals surface area contributed by atoms with Gasteiger partial charge in [-0.1, -0.05) is 0 Å². The Balaban J connectivity index is 2.52. The Labute approximate surface area is 73.7 Å². The molecular weight excluding hydrogens is 174 g/mol. The Morgan fingerprint density at radius 3 is 3.17 bits per heavy atom. The van der Waals surface area contributed by atoms with Gasteiger partial charge in [-0.3, -0.25) is 4.79 Å². The third-order valence-electron chi connectivity index (χ3n) is 1.07. The van der Waals surface area contributed by atoms with Crippen molar-refractivity contribution >= 4 is 23.0 Å². The van der Waals surface area contributed by atoms with Crippen molar-refractivity contribution in [2.45, 2.75) is 0 Å². The number of rotatable bonds is 2. The van der Waals surface area contributed by atoms with E-state index in [-0.39, 0.29) is 5.12 Å². The molecule has 0 N–H and O–H groups in total. The molecule has 1 aromatic rings. The van der Waals surface area contributed by atoms with Crippen molar-refractivity contribution in [2.75, 3.05) is 0 Å². The van der Waals surface area contributed by atoms with Crippen LogP contribution in [0.2, 0.25) is 0 Å². The van der Waals surface area contributed by atoms with Gasteiger partial charge >= 0.3 is 0 Å². The minimum absolute atomic E-state index is 0.297. The van der Waals surface area contributed by atoms with Crippen LogP contribution in [0.15, 0.2) is 28.9 Å². The van der Waals surface area contributed by atoms with Crippen LogP contribution in [0, 0.1) is 10.7 Å². The average Bonchev–Trinajstić information content (AvgIpc) is 2.53. The largest absolute Gasteiger partial charge is 0.465 e. The van der Waals surface area contributed by atoms with E-state index in [4.69, 9.17) is 9.68 Å². The van der Waals surface area contributed by atoms with E-state index >= 15 is 0 Å². The lowest BCUT2D eigenvalue weighted by molar-refractivity contribution is -0.106. The lowest BCUT2D eigenvalue weighted by Crippen LogP contribution is -1.79. The molecule has 60 valence electrons. The van der Waals surface area contributed by atoms with Gasteiger partial charge in [-0.25, -0.2) is 0 Å². The molecule has 0 aromatic carbocycles. The smallest absolute Gasteiger partial charge is 0.226 e. The number of carbonyl (C=O) groups is 1. The van der Waals surface area contributed by atoms with E-state index in [1.807, 2.05) is 0 Å². The first kappa shape index (κ1) is 8.62. The van der Waals surface area contributed by atoms with Crippen molar-refractivity contribution in [2.24, 2.45) is 0 Å². The number of hydrogen-bond acceptors (Lipinski definition) is 4. The van der Waals surface area contributed by atoms with Crippen molar-refractivity contribution in [3.63, 3.8) is 0 Å². The predicted octanol–water partition coefficient (Wildman–Crippen LogP) is 2.03. The van der Waals surface area contributed by atoms with E-state index in [0.29, 0.717) is 17.5 Å². The van der Waals surface area contributed by atoms with Crippen molar-refractivity contribution in [3.8, 4) is 5.40 Å². The molecular formula is C8H5NO2S. The first-order chi connectivity index (χ1) is 5.83. The quantitative estimate of drug-likeness (QED) is 0.515. The van der Waals surface area contributed by atoms with Crippen molar-refractivity contribution in [1.29, 1.82) is 5.26 Å². The van der Waals surface area contributed by atoms with E-state index < -0.39 is 0 Å². The normalized spacial score (nSPS) is 9.92. The number of nitriles is 1. The minimum atomic E-state index is -0.297. The number of carbonyl (C=O) groups excluding carboxylic acids is 1. The average molecular weight is 179 g/mol. The highest BCUT2D eigenvalue weighted by Crippen LogP contribution is 2.05. The summed E-state index contributed by atoms with van der Waals surface area (Å²) in [4.78, 5) is 10.8. The van der Waals surface area contributed by atoms with Gasteiger partial charge in [0, 0.05) is 11.8 Å². The third-order valence-corrected chi connectivity index (χ3v) is 1.50.